The molecule has 0 bridgehead atoms. The van der Waals surface area contributed by atoms with Gasteiger partial charge < -0.3 is 29.9 Å². The smallest absolute Gasteiger partial charge is 0.308 e. The van der Waals surface area contributed by atoms with Crippen LogP contribution in [0.3, 0.4) is 0 Å². The molecule has 0 aromatic carbocycles. The highest BCUT2D eigenvalue weighted by atomic mass is 16.7. The Kier molecular flexibility index (Phi) is 13.8. The van der Waals surface area contributed by atoms with Gasteiger partial charge in [0.2, 0.25) is 5.79 Å². The Morgan fingerprint density at radius 3 is 1.90 bits per heavy atom. The lowest BCUT2D eigenvalue weighted by Gasteiger charge is -2.50. The predicted octanol–water partition coefficient (Wildman–Crippen LogP) is 3.45. The van der Waals surface area contributed by atoms with Gasteiger partial charge in [0.25, 0.3) is 0 Å². The zero-order valence-electron chi connectivity index (χ0n) is 19.8. The van der Waals surface area contributed by atoms with Gasteiger partial charge in [0.15, 0.2) is 0 Å². The van der Waals surface area contributed by atoms with Crippen LogP contribution in [-0.2, 0) is 14.3 Å². The summed E-state index contributed by atoms with van der Waals surface area (Å²) in [5, 5.41) is 40.3. The second-order valence-electron chi connectivity index (χ2n) is 9.06. The van der Waals surface area contributed by atoms with Crippen molar-refractivity contribution >= 4 is 5.97 Å². The lowest BCUT2D eigenvalue weighted by atomic mass is 9.84. The molecule has 0 saturated carbocycles. The van der Waals surface area contributed by atoms with E-state index in [1.165, 1.54) is 51.4 Å². The number of aliphatic hydroxyl groups is 4. The maximum atomic E-state index is 12.5. The molecular formula is C24H46O7. The van der Waals surface area contributed by atoms with Crippen molar-refractivity contribution in [3.05, 3.63) is 0 Å². The average Bonchev–Trinajstić information content (AvgIpc) is 2.77. The maximum Gasteiger partial charge on any atom is 0.308 e. The molecule has 0 radical (unpaired) electrons. The van der Waals surface area contributed by atoms with Gasteiger partial charge in [-0.05, 0) is 12.8 Å². The fourth-order valence-electron chi connectivity index (χ4n) is 4.21. The number of rotatable bonds is 16. The number of hydrogen-bond acceptors (Lipinski definition) is 7. The van der Waals surface area contributed by atoms with Crippen LogP contribution in [0.15, 0.2) is 0 Å². The van der Waals surface area contributed by atoms with Crippen molar-refractivity contribution in [2.75, 3.05) is 6.61 Å². The molecule has 0 aromatic heterocycles. The molecule has 2 unspecified atom stereocenters. The van der Waals surface area contributed by atoms with Crippen molar-refractivity contribution in [2.24, 2.45) is 5.92 Å². The van der Waals surface area contributed by atoms with Gasteiger partial charge in [-0.15, -0.1) is 0 Å². The molecule has 1 aliphatic rings. The molecule has 1 heterocycles. The SMILES string of the molecule is CCCCCCCCCCCCCC(=O)OC1(C(C)CC)O[C@H](CO)[C@@H](O)[C@H](O)[C@H]1O. The van der Waals surface area contributed by atoms with E-state index in [4.69, 9.17) is 9.47 Å². The third kappa shape index (κ3) is 8.61. The Bertz CT molecular complexity index is 485. The van der Waals surface area contributed by atoms with Crippen LogP contribution in [0, 0.1) is 5.92 Å². The van der Waals surface area contributed by atoms with Crippen molar-refractivity contribution < 1.29 is 34.7 Å². The highest BCUT2D eigenvalue weighted by Crippen LogP contribution is 2.39. The Morgan fingerprint density at radius 1 is 0.903 bits per heavy atom. The topological polar surface area (TPSA) is 116 Å². The molecule has 184 valence electrons. The van der Waals surface area contributed by atoms with Gasteiger partial charge in [0.05, 0.1) is 6.61 Å². The summed E-state index contributed by atoms with van der Waals surface area (Å²) in [4.78, 5) is 12.5. The Labute approximate surface area is 188 Å². The van der Waals surface area contributed by atoms with Gasteiger partial charge >= 0.3 is 5.97 Å². The van der Waals surface area contributed by atoms with Gasteiger partial charge in [-0.25, -0.2) is 0 Å². The van der Waals surface area contributed by atoms with E-state index in [-0.39, 0.29) is 6.42 Å². The summed E-state index contributed by atoms with van der Waals surface area (Å²) in [5.74, 6) is -2.72. The van der Waals surface area contributed by atoms with Crippen LogP contribution in [0.1, 0.15) is 104 Å². The van der Waals surface area contributed by atoms with Gasteiger partial charge in [0.1, 0.15) is 24.4 Å². The van der Waals surface area contributed by atoms with Gasteiger partial charge in [-0.1, -0.05) is 85.0 Å². The summed E-state index contributed by atoms with van der Waals surface area (Å²) in [6, 6.07) is 0. The fraction of sp³-hybridized carbons (Fsp3) is 0.958. The molecule has 1 aliphatic heterocycles. The molecule has 31 heavy (non-hydrogen) atoms. The number of unbranched alkanes of at least 4 members (excludes halogenated alkanes) is 10. The second kappa shape index (κ2) is 15.2. The normalized spacial score (nSPS) is 29.6. The first-order valence-corrected chi connectivity index (χ1v) is 12.4. The van der Waals surface area contributed by atoms with E-state index in [0.29, 0.717) is 12.8 Å². The summed E-state index contributed by atoms with van der Waals surface area (Å²) in [6.07, 6.45) is 7.92. The number of aliphatic hydroxyl groups excluding tert-OH is 4. The number of carbonyl (C=O) groups is 1. The number of esters is 1. The van der Waals surface area contributed by atoms with E-state index < -0.39 is 48.7 Å². The van der Waals surface area contributed by atoms with Crippen LogP contribution in [0.2, 0.25) is 0 Å². The van der Waals surface area contributed by atoms with E-state index >= 15 is 0 Å². The van der Waals surface area contributed by atoms with E-state index in [0.717, 1.165) is 12.8 Å². The average molecular weight is 447 g/mol. The number of ether oxygens (including phenoxy) is 2. The van der Waals surface area contributed by atoms with Crippen molar-refractivity contribution in [2.45, 2.75) is 134 Å². The minimum absolute atomic E-state index is 0.202. The number of hydrogen-bond donors (Lipinski definition) is 4. The standard InChI is InChI=1S/C24H46O7/c1-4-6-7-8-9-10-11-12-13-14-15-16-20(26)31-24(18(3)5-2)23(29)22(28)21(27)19(17-25)30-24/h18-19,21-23,25,27-29H,4-17H2,1-3H3/t18?,19-,21-,22+,23-,24?/m1/s1. The Hall–Kier alpha value is -0.730. The van der Waals surface area contributed by atoms with Crippen molar-refractivity contribution in [1.82, 2.24) is 0 Å². The fourth-order valence-corrected chi connectivity index (χ4v) is 4.21. The predicted molar refractivity (Wildman–Crippen MR) is 119 cm³/mol. The van der Waals surface area contributed by atoms with E-state index in [9.17, 15) is 25.2 Å². The first-order valence-electron chi connectivity index (χ1n) is 12.4. The summed E-state index contributed by atoms with van der Waals surface area (Å²) >= 11 is 0. The third-order valence-electron chi connectivity index (χ3n) is 6.54. The van der Waals surface area contributed by atoms with Gasteiger partial charge in [-0.2, -0.15) is 0 Å². The molecule has 4 N–H and O–H groups in total. The third-order valence-corrected chi connectivity index (χ3v) is 6.54. The van der Waals surface area contributed by atoms with E-state index in [2.05, 4.69) is 6.92 Å². The zero-order valence-corrected chi connectivity index (χ0v) is 19.8. The first kappa shape index (κ1) is 28.3. The van der Waals surface area contributed by atoms with Crippen LogP contribution >= 0.6 is 0 Å². The van der Waals surface area contributed by atoms with Crippen LogP contribution in [-0.4, -0.2) is 63.2 Å². The van der Waals surface area contributed by atoms with Crippen LogP contribution in [0.4, 0.5) is 0 Å². The quantitative estimate of drug-likeness (QED) is 0.212. The summed E-state index contributed by atoms with van der Waals surface area (Å²) < 4.78 is 11.3. The van der Waals surface area contributed by atoms with Crippen LogP contribution in [0.5, 0.6) is 0 Å². The lowest BCUT2D eigenvalue weighted by molar-refractivity contribution is -0.368. The molecule has 7 nitrogen and oxygen atoms in total. The maximum absolute atomic E-state index is 12.5. The minimum Gasteiger partial charge on any atom is -0.430 e. The summed E-state index contributed by atoms with van der Waals surface area (Å²) in [7, 11) is 0. The molecular weight excluding hydrogens is 400 g/mol. The molecule has 7 heteroatoms. The van der Waals surface area contributed by atoms with Crippen molar-refractivity contribution in [1.29, 1.82) is 0 Å². The molecule has 6 atom stereocenters. The van der Waals surface area contributed by atoms with Gasteiger partial charge in [0, 0.05) is 12.3 Å². The summed E-state index contributed by atoms with van der Waals surface area (Å²) in [6.45, 7) is 5.27. The molecule has 1 rings (SSSR count). The summed E-state index contributed by atoms with van der Waals surface area (Å²) in [5.41, 5.74) is 0. The zero-order chi connectivity index (χ0) is 23.3. The highest BCUT2D eigenvalue weighted by molar-refractivity contribution is 5.69. The number of carbonyl (C=O) groups excluding carboxylic acids is 1. The monoisotopic (exact) mass is 446 g/mol. The Morgan fingerprint density at radius 2 is 1.42 bits per heavy atom. The molecule has 1 saturated heterocycles. The Balaban J connectivity index is 2.41. The van der Waals surface area contributed by atoms with Gasteiger partial charge in [-0.3, -0.25) is 4.79 Å². The van der Waals surface area contributed by atoms with E-state index in [1.54, 1.807) is 6.92 Å². The van der Waals surface area contributed by atoms with E-state index in [1.807, 2.05) is 6.92 Å². The second-order valence-corrected chi connectivity index (χ2v) is 9.06. The van der Waals surface area contributed by atoms with Crippen molar-refractivity contribution in [3.63, 3.8) is 0 Å². The first-order chi connectivity index (χ1) is 14.8. The molecule has 1 fully saturated rings. The van der Waals surface area contributed by atoms with Crippen molar-refractivity contribution in [3.8, 4) is 0 Å². The minimum atomic E-state index is -1.78. The molecule has 0 spiro atoms. The largest absolute Gasteiger partial charge is 0.430 e. The molecule has 0 aromatic rings. The van der Waals surface area contributed by atoms with Crippen LogP contribution in [0.25, 0.3) is 0 Å². The lowest BCUT2D eigenvalue weighted by Crippen LogP contribution is -2.68. The molecule has 0 amide bonds. The van der Waals surface area contributed by atoms with Crippen LogP contribution < -0.4 is 0 Å². The molecule has 0 aliphatic carbocycles. The highest BCUT2D eigenvalue weighted by Gasteiger charge is 2.58.